The van der Waals surface area contributed by atoms with E-state index < -0.39 is 0 Å². The van der Waals surface area contributed by atoms with Crippen LogP contribution in [0.2, 0.25) is 0 Å². The molecule has 2 N–H and O–H groups in total. The van der Waals surface area contributed by atoms with Crippen molar-refractivity contribution in [3.05, 3.63) is 0 Å². The lowest BCUT2D eigenvalue weighted by Crippen LogP contribution is -1.97. The van der Waals surface area contributed by atoms with E-state index in [2.05, 4.69) is 0 Å². The normalized spacial score (nSPS) is 9.70. The van der Waals surface area contributed by atoms with E-state index in [1.54, 1.807) is 0 Å². The molecule has 0 fully saturated rings. The zero-order valence-corrected chi connectivity index (χ0v) is 6.51. The molecule has 0 heterocycles. The molecule has 60 valence electrons. The van der Waals surface area contributed by atoms with Gasteiger partial charge in [-0.05, 0) is 19.4 Å². The Labute approximate surface area is 62.8 Å². The van der Waals surface area contributed by atoms with Gasteiger partial charge >= 0.3 is 0 Å². The number of carbonyl (C=O) groups excluding carboxylic acids is 1. The van der Waals surface area contributed by atoms with Crippen molar-refractivity contribution in [2.75, 3.05) is 6.54 Å². The van der Waals surface area contributed by atoms with Crippen molar-refractivity contribution in [2.24, 2.45) is 5.73 Å². The second kappa shape index (κ2) is 8.63. The highest BCUT2D eigenvalue weighted by molar-refractivity contribution is 5.48. The third kappa shape index (κ3) is 7.63. The third-order valence-corrected chi connectivity index (χ3v) is 1.53. The molecule has 0 amide bonds. The molecule has 0 atom stereocenters. The van der Waals surface area contributed by atoms with Crippen molar-refractivity contribution < 1.29 is 4.79 Å². The zero-order chi connectivity index (χ0) is 7.66. The average Bonchev–Trinajstić information content (AvgIpc) is 1.97. The molecule has 0 bridgehead atoms. The molecule has 2 nitrogen and oxygen atoms in total. The molecule has 10 heavy (non-hydrogen) atoms. The Balaban J connectivity index is 2.70. The summed E-state index contributed by atoms with van der Waals surface area (Å²) in [6.07, 6.45) is 7.51. The molecule has 0 rings (SSSR count). The molecule has 0 aromatic heterocycles. The van der Waals surface area contributed by atoms with Crippen molar-refractivity contribution in [3.63, 3.8) is 0 Å². The van der Waals surface area contributed by atoms with E-state index in [-0.39, 0.29) is 0 Å². The maximum atomic E-state index is 9.87. The number of nitrogens with two attached hydrogens (primary N) is 1. The van der Waals surface area contributed by atoms with Crippen molar-refractivity contribution in [1.29, 1.82) is 0 Å². The summed E-state index contributed by atoms with van der Waals surface area (Å²) in [5.41, 5.74) is 5.31. The minimum atomic E-state index is 0.725. The number of rotatable bonds is 7. The van der Waals surface area contributed by atoms with Gasteiger partial charge in [0.05, 0.1) is 0 Å². The molecule has 0 aliphatic rings. The first-order valence-electron chi connectivity index (χ1n) is 4.05. The lowest BCUT2D eigenvalue weighted by Gasteiger charge is -1.95. The van der Waals surface area contributed by atoms with Gasteiger partial charge < -0.3 is 10.5 Å². The van der Waals surface area contributed by atoms with Crippen LogP contribution >= 0.6 is 0 Å². The minimum absolute atomic E-state index is 0.725. The average molecular weight is 143 g/mol. The fraction of sp³-hybridized carbons (Fsp3) is 0.875. The molecule has 0 spiro atoms. The summed E-state index contributed by atoms with van der Waals surface area (Å²) in [5, 5.41) is 0. The number of unbranched alkanes of at least 4 members (excludes halogenated alkanes) is 5. The molecule has 0 saturated heterocycles. The molecule has 0 aliphatic carbocycles. The van der Waals surface area contributed by atoms with Gasteiger partial charge in [-0.25, -0.2) is 0 Å². The monoisotopic (exact) mass is 143 g/mol. The number of hydrogen-bond acceptors (Lipinski definition) is 2. The zero-order valence-electron chi connectivity index (χ0n) is 6.51. The van der Waals surface area contributed by atoms with Gasteiger partial charge in [0.25, 0.3) is 0 Å². The molecule has 0 radical (unpaired) electrons. The molecular formula is C8H17NO. The molecule has 0 saturated carbocycles. The van der Waals surface area contributed by atoms with Crippen LogP contribution in [0.4, 0.5) is 0 Å². The van der Waals surface area contributed by atoms with E-state index >= 15 is 0 Å². The van der Waals surface area contributed by atoms with Crippen LogP contribution in [0.15, 0.2) is 0 Å². The Morgan fingerprint density at radius 1 is 1.00 bits per heavy atom. The van der Waals surface area contributed by atoms with E-state index in [0.717, 1.165) is 32.1 Å². The fourth-order valence-corrected chi connectivity index (χ4v) is 0.902. The smallest absolute Gasteiger partial charge is 0.119 e. The first-order valence-corrected chi connectivity index (χ1v) is 4.05. The van der Waals surface area contributed by atoms with Gasteiger partial charge in [-0.15, -0.1) is 0 Å². The Kier molecular flexibility index (Phi) is 8.31. The maximum absolute atomic E-state index is 9.87. The van der Waals surface area contributed by atoms with Crippen LogP contribution in [-0.2, 0) is 4.79 Å². The summed E-state index contributed by atoms with van der Waals surface area (Å²) in [7, 11) is 0. The van der Waals surface area contributed by atoms with Gasteiger partial charge in [0.2, 0.25) is 0 Å². The van der Waals surface area contributed by atoms with E-state index in [0.29, 0.717) is 0 Å². The second-order valence-corrected chi connectivity index (χ2v) is 2.51. The Hall–Kier alpha value is -0.370. The minimum Gasteiger partial charge on any atom is -0.330 e. The predicted octanol–water partition coefficient (Wildman–Crippen LogP) is 1.48. The summed E-state index contributed by atoms with van der Waals surface area (Å²) in [6, 6.07) is 0. The molecule has 0 aromatic carbocycles. The van der Waals surface area contributed by atoms with Crippen LogP contribution in [0.3, 0.4) is 0 Å². The standard InChI is InChI=1S/C8H17NO/c9-7-5-3-1-2-4-6-8-10/h8H,1-7,9H2. The van der Waals surface area contributed by atoms with E-state index in [1.807, 2.05) is 0 Å². The van der Waals surface area contributed by atoms with Gasteiger partial charge in [-0.3, -0.25) is 0 Å². The third-order valence-electron chi connectivity index (χ3n) is 1.53. The summed E-state index contributed by atoms with van der Waals surface area (Å²) in [4.78, 5) is 9.87. The molecular weight excluding hydrogens is 126 g/mol. The van der Waals surface area contributed by atoms with Crippen LogP contribution in [0.5, 0.6) is 0 Å². The topological polar surface area (TPSA) is 43.1 Å². The van der Waals surface area contributed by atoms with E-state index in [4.69, 9.17) is 5.73 Å². The summed E-state index contributed by atoms with van der Waals surface area (Å²) >= 11 is 0. The van der Waals surface area contributed by atoms with Gasteiger partial charge in [0, 0.05) is 6.42 Å². The Morgan fingerprint density at radius 2 is 1.60 bits per heavy atom. The van der Waals surface area contributed by atoms with Crippen LogP contribution in [0, 0.1) is 0 Å². The van der Waals surface area contributed by atoms with Gasteiger partial charge in [0.15, 0.2) is 0 Å². The highest BCUT2D eigenvalue weighted by Crippen LogP contribution is 2.02. The van der Waals surface area contributed by atoms with E-state index in [1.165, 1.54) is 19.3 Å². The SMILES string of the molecule is NCCCCCCCC=O. The highest BCUT2D eigenvalue weighted by Gasteiger charge is 1.87. The van der Waals surface area contributed by atoms with Crippen LogP contribution in [0.25, 0.3) is 0 Å². The van der Waals surface area contributed by atoms with E-state index in [9.17, 15) is 4.79 Å². The first-order chi connectivity index (χ1) is 4.91. The van der Waals surface area contributed by atoms with Crippen molar-refractivity contribution in [1.82, 2.24) is 0 Å². The number of aldehydes is 1. The molecule has 0 aliphatic heterocycles. The van der Waals surface area contributed by atoms with Crippen molar-refractivity contribution in [2.45, 2.75) is 38.5 Å². The molecule has 2 heteroatoms. The van der Waals surface area contributed by atoms with Crippen LogP contribution < -0.4 is 5.73 Å². The molecule has 0 unspecified atom stereocenters. The molecule has 0 aromatic rings. The summed E-state index contributed by atoms with van der Waals surface area (Å²) in [5.74, 6) is 0. The van der Waals surface area contributed by atoms with Crippen LogP contribution in [0.1, 0.15) is 38.5 Å². The fourth-order valence-electron chi connectivity index (χ4n) is 0.902. The van der Waals surface area contributed by atoms with Crippen LogP contribution in [-0.4, -0.2) is 12.8 Å². The Bertz CT molecular complexity index is 73.7. The number of carbonyl (C=O) groups is 1. The summed E-state index contributed by atoms with van der Waals surface area (Å²) < 4.78 is 0. The maximum Gasteiger partial charge on any atom is 0.119 e. The lowest BCUT2D eigenvalue weighted by atomic mass is 10.1. The number of hydrogen-bond donors (Lipinski definition) is 1. The predicted molar refractivity (Wildman–Crippen MR) is 42.8 cm³/mol. The quantitative estimate of drug-likeness (QED) is 0.433. The van der Waals surface area contributed by atoms with Gasteiger partial charge in [-0.2, -0.15) is 0 Å². The Morgan fingerprint density at radius 3 is 2.20 bits per heavy atom. The highest BCUT2D eigenvalue weighted by atomic mass is 16.1. The van der Waals surface area contributed by atoms with Gasteiger partial charge in [0.1, 0.15) is 6.29 Å². The summed E-state index contributed by atoms with van der Waals surface area (Å²) in [6.45, 7) is 0.799. The van der Waals surface area contributed by atoms with Crippen molar-refractivity contribution in [3.8, 4) is 0 Å². The lowest BCUT2D eigenvalue weighted by molar-refractivity contribution is -0.107. The van der Waals surface area contributed by atoms with Crippen molar-refractivity contribution >= 4 is 6.29 Å². The largest absolute Gasteiger partial charge is 0.330 e. The van der Waals surface area contributed by atoms with Gasteiger partial charge in [-0.1, -0.05) is 19.3 Å². The first kappa shape index (κ1) is 9.63. The second-order valence-electron chi connectivity index (χ2n) is 2.51.